The van der Waals surface area contributed by atoms with Crippen molar-refractivity contribution in [3.63, 3.8) is 0 Å². The summed E-state index contributed by atoms with van der Waals surface area (Å²) in [6.07, 6.45) is 0. The second-order valence-corrected chi connectivity index (χ2v) is 5.89. The SMILES string of the molecule is CC(C)CN1CCN(C(=O)c2ccc(CN)cc2)CC1.Cl.Cl. The number of halogens is 2. The molecule has 1 heterocycles. The van der Waals surface area contributed by atoms with E-state index in [1.54, 1.807) is 0 Å². The fraction of sp³-hybridized carbons (Fsp3) is 0.562. The summed E-state index contributed by atoms with van der Waals surface area (Å²) in [5, 5.41) is 0. The molecule has 0 radical (unpaired) electrons. The minimum atomic E-state index is 0. The van der Waals surface area contributed by atoms with E-state index in [9.17, 15) is 4.79 Å². The van der Waals surface area contributed by atoms with E-state index in [0.717, 1.165) is 43.9 Å². The highest BCUT2D eigenvalue weighted by atomic mass is 35.5. The lowest BCUT2D eigenvalue weighted by atomic mass is 10.1. The van der Waals surface area contributed by atoms with Crippen LogP contribution in [0.1, 0.15) is 29.8 Å². The molecule has 1 amide bonds. The van der Waals surface area contributed by atoms with Crippen molar-refractivity contribution in [2.75, 3.05) is 32.7 Å². The first-order chi connectivity index (χ1) is 9.60. The van der Waals surface area contributed by atoms with Gasteiger partial charge in [-0.25, -0.2) is 0 Å². The Morgan fingerprint density at radius 1 is 1.09 bits per heavy atom. The van der Waals surface area contributed by atoms with Crippen molar-refractivity contribution in [2.45, 2.75) is 20.4 Å². The summed E-state index contributed by atoms with van der Waals surface area (Å²) in [6.45, 7) is 9.70. The summed E-state index contributed by atoms with van der Waals surface area (Å²) < 4.78 is 0. The molecular weight excluding hydrogens is 321 g/mol. The van der Waals surface area contributed by atoms with Crippen LogP contribution in [-0.4, -0.2) is 48.4 Å². The Labute approximate surface area is 145 Å². The highest BCUT2D eigenvalue weighted by Gasteiger charge is 2.22. The normalized spacial score (nSPS) is 15.2. The van der Waals surface area contributed by atoms with E-state index in [1.807, 2.05) is 29.2 Å². The molecule has 1 aliphatic rings. The number of nitrogens with zero attached hydrogens (tertiary/aromatic N) is 2. The third-order valence-electron chi connectivity index (χ3n) is 3.72. The van der Waals surface area contributed by atoms with Gasteiger partial charge in [-0.2, -0.15) is 0 Å². The van der Waals surface area contributed by atoms with Crippen LogP contribution in [-0.2, 0) is 6.54 Å². The molecule has 22 heavy (non-hydrogen) atoms. The highest BCUT2D eigenvalue weighted by molar-refractivity contribution is 5.94. The van der Waals surface area contributed by atoms with Gasteiger partial charge < -0.3 is 10.6 Å². The van der Waals surface area contributed by atoms with E-state index in [-0.39, 0.29) is 30.7 Å². The average molecular weight is 348 g/mol. The molecule has 2 N–H and O–H groups in total. The minimum absolute atomic E-state index is 0. The minimum Gasteiger partial charge on any atom is -0.336 e. The van der Waals surface area contributed by atoms with Crippen LogP contribution in [0.5, 0.6) is 0 Å². The molecule has 0 spiro atoms. The maximum Gasteiger partial charge on any atom is 0.253 e. The van der Waals surface area contributed by atoms with E-state index < -0.39 is 0 Å². The number of piperazine rings is 1. The number of hydrogen-bond acceptors (Lipinski definition) is 3. The van der Waals surface area contributed by atoms with Gasteiger partial charge in [-0.05, 0) is 23.6 Å². The van der Waals surface area contributed by atoms with Crippen LogP contribution in [0.4, 0.5) is 0 Å². The monoisotopic (exact) mass is 347 g/mol. The molecule has 0 unspecified atom stereocenters. The lowest BCUT2D eigenvalue weighted by Crippen LogP contribution is -2.49. The molecule has 0 aliphatic carbocycles. The smallest absolute Gasteiger partial charge is 0.253 e. The van der Waals surface area contributed by atoms with E-state index in [1.165, 1.54) is 0 Å². The summed E-state index contributed by atoms with van der Waals surface area (Å²) in [7, 11) is 0. The molecule has 1 saturated heterocycles. The predicted octanol–water partition coefficient (Wildman–Crippen LogP) is 2.40. The zero-order chi connectivity index (χ0) is 14.5. The Kier molecular flexibility index (Phi) is 9.69. The Balaban J connectivity index is 0.00000220. The van der Waals surface area contributed by atoms with Gasteiger partial charge in [-0.15, -0.1) is 24.8 Å². The van der Waals surface area contributed by atoms with E-state index >= 15 is 0 Å². The topological polar surface area (TPSA) is 49.6 Å². The molecule has 1 aromatic rings. The molecule has 0 bridgehead atoms. The zero-order valence-electron chi connectivity index (χ0n) is 13.3. The van der Waals surface area contributed by atoms with Gasteiger partial charge in [0.25, 0.3) is 5.91 Å². The van der Waals surface area contributed by atoms with Crippen molar-refractivity contribution in [2.24, 2.45) is 11.7 Å². The fourth-order valence-electron chi connectivity index (χ4n) is 2.62. The zero-order valence-corrected chi connectivity index (χ0v) is 15.0. The second kappa shape index (κ2) is 10.1. The lowest BCUT2D eigenvalue weighted by molar-refractivity contribution is 0.0624. The molecule has 126 valence electrons. The summed E-state index contributed by atoms with van der Waals surface area (Å²) in [6, 6.07) is 7.63. The molecule has 4 nitrogen and oxygen atoms in total. The highest BCUT2D eigenvalue weighted by Crippen LogP contribution is 2.11. The average Bonchev–Trinajstić information content (AvgIpc) is 2.47. The van der Waals surface area contributed by atoms with Crippen LogP contribution in [0, 0.1) is 5.92 Å². The summed E-state index contributed by atoms with van der Waals surface area (Å²) in [4.78, 5) is 16.8. The number of nitrogens with two attached hydrogens (primary N) is 1. The largest absolute Gasteiger partial charge is 0.336 e. The number of carbonyl (C=O) groups excluding carboxylic acids is 1. The molecule has 2 rings (SSSR count). The van der Waals surface area contributed by atoms with Gasteiger partial charge in [0.2, 0.25) is 0 Å². The lowest BCUT2D eigenvalue weighted by Gasteiger charge is -2.35. The van der Waals surface area contributed by atoms with Crippen LogP contribution < -0.4 is 5.73 Å². The Bertz CT molecular complexity index is 443. The Morgan fingerprint density at radius 3 is 2.09 bits per heavy atom. The third kappa shape index (κ3) is 5.76. The van der Waals surface area contributed by atoms with Crippen molar-refractivity contribution in [1.29, 1.82) is 0 Å². The summed E-state index contributed by atoms with van der Waals surface area (Å²) in [5.41, 5.74) is 7.39. The second-order valence-electron chi connectivity index (χ2n) is 5.89. The molecule has 1 aliphatic heterocycles. The number of rotatable bonds is 4. The van der Waals surface area contributed by atoms with Crippen molar-refractivity contribution >= 4 is 30.7 Å². The molecule has 6 heteroatoms. The van der Waals surface area contributed by atoms with Gasteiger partial charge in [0, 0.05) is 44.8 Å². The molecule has 1 aromatic carbocycles. The van der Waals surface area contributed by atoms with Crippen molar-refractivity contribution in [1.82, 2.24) is 9.80 Å². The van der Waals surface area contributed by atoms with Gasteiger partial charge in [0.15, 0.2) is 0 Å². The summed E-state index contributed by atoms with van der Waals surface area (Å²) in [5.74, 6) is 0.818. The summed E-state index contributed by atoms with van der Waals surface area (Å²) >= 11 is 0. The van der Waals surface area contributed by atoms with E-state index in [4.69, 9.17) is 5.73 Å². The Morgan fingerprint density at radius 2 is 1.64 bits per heavy atom. The van der Waals surface area contributed by atoms with Crippen LogP contribution >= 0.6 is 24.8 Å². The van der Waals surface area contributed by atoms with Crippen LogP contribution in [0.25, 0.3) is 0 Å². The Hall–Kier alpha value is -0.810. The van der Waals surface area contributed by atoms with Crippen molar-refractivity contribution in [3.05, 3.63) is 35.4 Å². The molecule has 0 saturated carbocycles. The van der Waals surface area contributed by atoms with Gasteiger partial charge in [0.1, 0.15) is 0 Å². The number of amides is 1. The standard InChI is InChI=1S/C16H25N3O.2ClH/c1-13(2)12-18-7-9-19(10-8-18)16(20)15-5-3-14(11-17)4-6-15;;/h3-6,13H,7-12,17H2,1-2H3;2*1H. The van der Waals surface area contributed by atoms with Crippen LogP contribution in [0.15, 0.2) is 24.3 Å². The number of benzene rings is 1. The van der Waals surface area contributed by atoms with Crippen molar-refractivity contribution in [3.8, 4) is 0 Å². The van der Waals surface area contributed by atoms with E-state index in [2.05, 4.69) is 18.7 Å². The van der Waals surface area contributed by atoms with Crippen molar-refractivity contribution < 1.29 is 4.79 Å². The fourth-order valence-corrected chi connectivity index (χ4v) is 2.62. The third-order valence-corrected chi connectivity index (χ3v) is 3.72. The predicted molar refractivity (Wildman–Crippen MR) is 96.0 cm³/mol. The van der Waals surface area contributed by atoms with Gasteiger partial charge in [-0.1, -0.05) is 26.0 Å². The van der Waals surface area contributed by atoms with E-state index in [0.29, 0.717) is 12.5 Å². The number of hydrogen-bond donors (Lipinski definition) is 1. The van der Waals surface area contributed by atoms with Gasteiger partial charge in [0.05, 0.1) is 0 Å². The first kappa shape index (κ1) is 21.2. The first-order valence-electron chi connectivity index (χ1n) is 7.40. The molecule has 1 fully saturated rings. The van der Waals surface area contributed by atoms with Crippen LogP contribution in [0.2, 0.25) is 0 Å². The number of carbonyl (C=O) groups is 1. The first-order valence-corrected chi connectivity index (χ1v) is 7.40. The molecular formula is C16H27Cl2N3O. The molecule has 0 aromatic heterocycles. The maximum absolute atomic E-state index is 12.4. The van der Waals surface area contributed by atoms with Crippen LogP contribution in [0.3, 0.4) is 0 Å². The maximum atomic E-state index is 12.4. The van der Waals surface area contributed by atoms with Gasteiger partial charge >= 0.3 is 0 Å². The quantitative estimate of drug-likeness (QED) is 0.909. The van der Waals surface area contributed by atoms with Gasteiger partial charge in [-0.3, -0.25) is 9.69 Å². The molecule has 0 atom stereocenters.